The molecule has 3 nitrogen and oxygen atoms in total. The van der Waals surface area contributed by atoms with Gasteiger partial charge in [0.05, 0.1) is 6.61 Å². The van der Waals surface area contributed by atoms with E-state index in [0.29, 0.717) is 13.2 Å². The molecule has 144 valence electrons. The number of hydrogen-bond acceptors (Lipinski definition) is 3. The first-order chi connectivity index (χ1) is 12.7. The smallest absolute Gasteiger partial charge is 0.161 e. The van der Waals surface area contributed by atoms with E-state index in [2.05, 4.69) is 25.1 Å². The lowest BCUT2D eigenvalue weighted by Crippen LogP contribution is -2.15. The third-order valence-corrected chi connectivity index (χ3v) is 3.76. The molecule has 2 aromatic rings. The van der Waals surface area contributed by atoms with Crippen LogP contribution in [0.2, 0.25) is 0 Å². The van der Waals surface area contributed by atoms with E-state index in [1.165, 1.54) is 23.1 Å². The molecule has 2 aliphatic heterocycles. The Morgan fingerprint density at radius 2 is 1.15 bits per heavy atom. The van der Waals surface area contributed by atoms with Gasteiger partial charge in [0.15, 0.2) is 11.5 Å². The summed E-state index contributed by atoms with van der Waals surface area (Å²) in [5.74, 6) is 2.82. The molecule has 26 heavy (non-hydrogen) atoms. The van der Waals surface area contributed by atoms with Crippen LogP contribution < -0.4 is 14.2 Å². The van der Waals surface area contributed by atoms with Crippen molar-refractivity contribution in [2.75, 3.05) is 19.8 Å². The number of hydrogen-bond donors (Lipinski definition) is 0. The number of benzene rings is 2. The molecule has 0 saturated heterocycles. The van der Waals surface area contributed by atoms with Gasteiger partial charge >= 0.3 is 0 Å². The van der Waals surface area contributed by atoms with E-state index in [1.54, 1.807) is 0 Å². The summed E-state index contributed by atoms with van der Waals surface area (Å²) in [4.78, 5) is 0. The molecule has 0 unspecified atom stereocenters. The lowest BCUT2D eigenvalue weighted by Gasteiger charge is -2.18. The van der Waals surface area contributed by atoms with Crippen molar-refractivity contribution in [2.24, 2.45) is 0 Å². The van der Waals surface area contributed by atoms with Gasteiger partial charge in [-0.15, -0.1) is 0 Å². The van der Waals surface area contributed by atoms with Gasteiger partial charge in [-0.3, -0.25) is 0 Å². The fourth-order valence-corrected chi connectivity index (χ4v) is 2.64. The second kappa shape index (κ2) is 12.2. The van der Waals surface area contributed by atoms with Crippen LogP contribution in [0.1, 0.15) is 50.8 Å². The fraction of sp³-hybridized carbons (Fsp3) is 0.478. The molecule has 3 heteroatoms. The molecular formula is C23H34O3. The van der Waals surface area contributed by atoms with Crippen LogP contribution in [0.15, 0.2) is 36.4 Å². The molecule has 0 spiro atoms. The fourth-order valence-electron chi connectivity index (χ4n) is 2.64. The highest BCUT2D eigenvalue weighted by molar-refractivity contribution is 5.43. The minimum absolute atomic E-state index is 0.663. The van der Waals surface area contributed by atoms with Gasteiger partial charge < -0.3 is 14.2 Å². The Bertz CT molecular complexity index is 592. The molecule has 0 aromatic heterocycles. The topological polar surface area (TPSA) is 27.7 Å². The van der Waals surface area contributed by atoms with Crippen LogP contribution in [-0.4, -0.2) is 19.8 Å². The summed E-state index contributed by atoms with van der Waals surface area (Å²) >= 11 is 0. The summed E-state index contributed by atoms with van der Waals surface area (Å²) in [5.41, 5.74) is 3.90. The Labute approximate surface area is 159 Å². The van der Waals surface area contributed by atoms with Gasteiger partial charge in [0, 0.05) is 0 Å². The van der Waals surface area contributed by atoms with Crippen LogP contribution in [0.25, 0.3) is 0 Å². The van der Waals surface area contributed by atoms with Crippen molar-refractivity contribution < 1.29 is 14.2 Å². The zero-order chi connectivity index (χ0) is 19.4. The van der Waals surface area contributed by atoms with Crippen LogP contribution in [0, 0.1) is 13.8 Å². The zero-order valence-corrected chi connectivity index (χ0v) is 17.2. The molecule has 0 radical (unpaired) electrons. The van der Waals surface area contributed by atoms with E-state index in [9.17, 15) is 0 Å². The quantitative estimate of drug-likeness (QED) is 0.566. The first-order valence-electron chi connectivity index (χ1n) is 9.81. The molecule has 0 aliphatic carbocycles. The van der Waals surface area contributed by atoms with Crippen molar-refractivity contribution in [3.63, 3.8) is 0 Å². The molecular weight excluding hydrogens is 324 g/mol. The van der Waals surface area contributed by atoms with Crippen LogP contribution in [0.3, 0.4) is 0 Å². The summed E-state index contributed by atoms with van der Waals surface area (Å²) in [6.45, 7) is 14.4. The van der Waals surface area contributed by atoms with E-state index < -0.39 is 0 Å². The van der Waals surface area contributed by atoms with Crippen LogP contribution >= 0.6 is 0 Å². The maximum absolute atomic E-state index is 5.48. The van der Waals surface area contributed by atoms with Gasteiger partial charge in [-0.05, 0) is 56.0 Å². The molecule has 0 atom stereocenters. The number of rotatable bonds is 0. The normalized spacial score (nSPS) is 13.2. The maximum atomic E-state index is 5.48. The summed E-state index contributed by atoms with van der Waals surface area (Å²) < 4.78 is 16.2. The summed E-state index contributed by atoms with van der Waals surface area (Å²) in [7, 11) is 0. The van der Waals surface area contributed by atoms with E-state index >= 15 is 0 Å². The highest BCUT2D eigenvalue weighted by atomic mass is 16.6. The minimum Gasteiger partial charge on any atom is -0.493 e. The lowest BCUT2D eigenvalue weighted by molar-refractivity contribution is 0.171. The molecule has 0 amide bonds. The number of aryl methyl sites for hydroxylation is 3. The Morgan fingerprint density at radius 3 is 1.85 bits per heavy atom. The summed E-state index contributed by atoms with van der Waals surface area (Å²) in [6, 6.07) is 12.4. The minimum atomic E-state index is 0.663. The predicted octanol–water partition coefficient (Wildman–Crippen LogP) is 6.14. The van der Waals surface area contributed by atoms with Crippen LogP contribution in [0.5, 0.6) is 17.2 Å². The van der Waals surface area contributed by atoms with Crippen molar-refractivity contribution >= 4 is 0 Å². The van der Waals surface area contributed by atoms with Crippen molar-refractivity contribution in [1.29, 1.82) is 0 Å². The molecule has 0 saturated carbocycles. The second-order valence-electron chi connectivity index (χ2n) is 5.71. The molecule has 2 heterocycles. The van der Waals surface area contributed by atoms with Crippen LogP contribution in [0.4, 0.5) is 0 Å². The molecule has 2 aliphatic rings. The van der Waals surface area contributed by atoms with Crippen molar-refractivity contribution in [1.82, 2.24) is 0 Å². The van der Waals surface area contributed by atoms with Gasteiger partial charge in [0.25, 0.3) is 0 Å². The van der Waals surface area contributed by atoms with Crippen molar-refractivity contribution in [3.05, 3.63) is 53.1 Å². The SMILES string of the molecule is CC.CC.Cc1ccc2c(c1)CCCO2.Cc1ccc2c(c1)OCCO2. The number of ether oxygens (including phenoxy) is 3. The molecule has 4 rings (SSSR count). The van der Waals surface area contributed by atoms with Gasteiger partial charge in [-0.1, -0.05) is 51.5 Å². The van der Waals surface area contributed by atoms with Gasteiger partial charge in [0.1, 0.15) is 19.0 Å². The predicted molar refractivity (Wildman–Crippen MR) is 110 cm³/mol. The van der Waals surface area contributed by atoms with E-state index in [4.69, 9.17) is 14.2 Å². The summed E-state index contributed by atoms with van der Waals surface area (Å²) in [5, 5.41) is 0. The number of fused-ring (bicyclic) bond motifs is 2. The second-order valence-corrected chi connectivity index (χ2v) is 5.71. The standard InChI is InChI=1S/C10H12O.C9H10O2.2C2H6/c1-8-4-5-10-9(7-8)3-2-6-11-10;1-7-2-3-8-9(6-7)11-5-4-10-8;2*1-2/h4-5,7H,2-3,6H2,1H3;2-3,6H,4-5H2,1H3;2*1-2H3. The first kappa shape index (κ1) is 21.9. The zero-order valence-electron chi connectivity index (χ0n) is 17.2. The van der Waals surface area contributed by atoms with Crippen molar-refractivity contribution in [3.8, 4) is 17.2 Å². The van der Waals surface area contributed by atoms with E-state index in [-0.39, 0.29) is 0 Å². The van der Waals surface area contributed by atoms with Crippen molar-refractivity contribution in [2.45, 2.75) is 54.4 Å². The average Bonchev–Trinajstić information content (AvgIpc) is 2.71. The van der Waals surface area contributed by atoms with Gasteiger partial charge in [0.2, 0.25) is 0 Å². The average molecular weight is 359 g/mol. The first-order valence-corrected chi connectivity index (χ1v) is 9.81. The maximum Gasteiger partial charge on any atom is 0.161 e. The van der Waals surface area contributed by atoms with E-state index in [0.717, 1.165) is 30.3 Å². The third-order valence-electron chi connectivity index (χ3n) is 3.76. The van der Waals surface area contributed by atoms with Gasteiger partial charge in [-0.25, -0.2) is 0 Å². The molecule has 0 N–H and O–H groups in total. The Balaban J connectivity index is 0.000000219. The Kier molecular flexibility index (Phi) is 10.3. The monoisotopic (exact) mass is 358 g/mol. The molecule has 2 aromatic carbocycles. The Morgan fingerprint density at radius 1 is 0.615 bits per heavy atom. The highest BCUT2D eigenvalue weighted by Crippen LogP contribution is 2.30. The van der Waals surface area contributed by atoms with Crippen LogP contribution in [-0.2, 0) is 6.42 Å². The molecule has 0 fully saturated rings. The van der Waals surface area contributed by atoms with E-state index in [1.807, 2.05) is 52.8 Å². The molecule has 0 bridgehead atoms. The summed E-state index contributed by atoms with van der Waals surface area (Å²) in [6.07, 6.45) is 2.34. The van der Waals surface area contributed by atoms with Gasteiger partial charge in [-0.2, -0.15) is 0 Å². The Hall–Kier alpha value is -2.16. The highest BCUT2D eigenvalue weighted by Gasteiger charge is 2.10. The lowest BCUT2D eigenvalue weighted by atomic mass is 10.0. The largest absolute Gasteiger partial charge is 0.493 e. The third kappa shape index (κ3) is 6.62.